The number of aromatic nitrogens is 2. The SMILES string of the molecule is Cl.[O-][n+]1cncc2ccccc21. The minimum absolute atomic E-state index is 0. The van der Waals surface area contributed by atoms with Gasteiger partial charge in [-0.2, -0.15) is 0 Å². The molecule has 0 amide bonds. The van der Waals surface area contributed by atoms with Crippen molar-refractivity contribution in [3.63, 3.8) is 0 Å². The van der Waals surface area contributed by atoms with Gasteiger partial charge in [-0.3, -0.25) is 0 Å². The summed E-state index contributed by atoms with van der Waals surface area (Å²) in [5.41, 5.74) is 0.655. The van der Waals surface area contributed by atoms with Crippen molar-refractivity contribution in [1.82, 2.24) is 4.98 Å². The molecule has 4 heteroatoms. The Morgan fingerprint density at radius 3 is 2.75 bits per heavy atom. The number of para-hydroxylation sites is 1. The lowest BCUT2D eigenvalue weighted by molar-refractivity contribution is -0.580. The Morgan fingerprint density at radius 1 is 1.25 bits per heavy atom. The molecule has 0 aliphatic carbocycles. The van der Waals surface area contributed by atoms with Crippen molar-refractivity contribution >= 4 is 23.3 Å². The van der Waals surface area contributed by atoms with Crippen LogP contribution in [0.5, 0.6) is 0 Å². The van der Waals surface area contributed by atoms with E-state index in [1.165, 1.54) is 6.33 Å². The van der Waals surface area contributed by atoms with E-state index in [1.807, 2.05) is 18.2 Å². The topological polar surface area (TPSA) is 39.8 Å². The monoisotopic (exact) mass is 182 g/mol. The van der Waals surface area contributed by atoms with Gasteiger partial charge in [0.2, 0.25) is 0 Å². The minimum atomic E-state index is 0. The molecular weight excluding hydrogens is 176 g/mol. The number of hydrogen-bond donors (Lipinski definition) is 0. The van der Waals surface area contributed by atoms with Gasteiger partial charge < -0.3 is 5.21 Å². The lowest BCUT2D eigenvalue weighted by Crippen LogP contribution is -2.26. The molecule has 0 spiro atoms. The van der Waals surface area contributed by atoms with E-state index in [-0.39, 0.29) is 12.4 Å². The maximum absolute atomic E-state index is 11.0. The van der Waals surface area contributed by atoms with E-state index in [9.17, 15) is 5.21 Å². The van der Waals surface area contributed by atoms with Gasteiger partial charge >= 0.3 is 0 Å². The third-order valence-electron chi connectivity index (χ3n) is 1.56. The third-order valence-corrected chi connectivity index (χ3v) is 1.56. The largest absolute Gasteiger partial charge is 0.710 e. The second-order valence-electron chi connectivity index (χ2n) is 2.28. The summed E-state index contributed by atoms with van der Waals surface area (Å²) in [5.74, 6) is 0. The Kier molecular flexibility index (Phi) is 2.45. The molecule has 0 saturated heterocycles. The van der Waals surface area contributed by atoms with Gasteiger partial charge in [0.25, 0.3) is 6.33 Å². The fraction of sp³-hybridized carbons (Fsp3) is 0. The van der Waals surface area contributed by atoms with Crippen molar-refractivity contribution in [2.24, 2.45) is 0 Å². The summed E-state index contributed by atoms with van der Waals surface area (Å²) < 4.78 is 0.759. The van der Waals surface area contributed by atoms with Crippen LogP contribution in [-0.2, 0) is 0 Å². The zero-order valence-electron chi connectivity index (χ0n) is 6.18. The Labute approximate surface area is 75.7 Å². The lowest BCUT2D eigenvalue weighted by atomic mass is 10.2. The zero-order valence-corrected chi connectivity index (χ0v) is 6.99. The molecule has 2 aromatic rings. The quantitative estimate of drug-likeness (QED) is 0.455. The zero-order chi connectivity index (χ0) is 7.68. The molecule has 0 unspecified atom stereocenters. The first-order chi connectivity index (χ1) is 5.38. The normalized spacial score (nSPS) is 9.33. The standard InChI is InChI=1S/C8H6N2O.ClH/c11-10-6-9-5-7-3-1-2-4-8(7)10;/h1-6H;1H. The molecule has 0 radical (unpaired) electrons. The molecule has 0 aliphatic rings. The van der Waals surface area contributed by atoms with Crippen LogP contribution < -0.4 is 4.73 Å². The third kappa shape index (κ3) is 1.31. The van der Waals surface area contributed by atoms with Crippen molar-refractivity contribution in [3.05, 3.63) is 42.0 Å². The maximum atomic E-state index is 11.0. The molecule has 0 N–H and O–H groups in total. The average Bonchev–Trinajstić information content (AvgIpc) is 2.06. The first-order valence-corrected chi connectivity index (χ1v) is 3.30. The first kappa shape index (κ1) is 8.74. The summed E-state index contributed by atoms with van der Waals surface area (Å²) in [7, 11) is 0. The number of halogens is 1. The van der Waals surface area contributed by atoms with E-state index >= 15 is 0 Å². The summed E-state index contributed by atoms with van der Waals surface area (Å²) in [5, 5.41) is 11.9. The Bertz CT molecular complexity index is 386. The Balaban J connectivity index is 0.000000720. The van der Waals surface area contributed by atoms with Crippen LogP contribution in [0.2, 0.25) is 0 Å². The van der Waals surface area contributed by atoms with E-state index in [0.29, 0.717) is 5.52 Å². The van der Waals surface area contributed by atoms with Crippen molar-refractivity contribution in [3.8, 4) is 0 Å². The van der Waals surface area contributed by atoms with Gasteiger partial charge in [-0.05, 0) is 12.1 Å². The van der Waals surface area contributed by atoms with Crippen LogP contribution in [-0.4, -0.2) is 4.98 Å². The summed E-state index contributed by atoms with van der Waals surface area (Å²) >= 11 is 0. The minimum Gasteiger partial charge on any atom is -0.710 e. The predicted molar refractivity (Wildman–Crippen MR) is 48.0 cm³/mol. The van der Waals surface area contributed by atoms with Crippen molar-refractivity contribution in [2.45, 2.75) is 0 Å². The smallest absolute Gasteiger partial charge is 0.289 e. The van der Waals surface area contributed by atoms with Crippen LogP contribution in [0.4, 0.5) is 0 Å². The van der Waals surface area contributed by atoms with E-state index in [1.54, 1.807) is 12.3 Å². The van der Waals surface area contributed by atoms with E-state index in [2.05, 4.69) is 4.98 Å². The fourth-order valence-corrected chi connectivity index (χ4v) is 1.03. The highest BCUT2D eigenvalue weighted by molar-refractivity contribution is 5.85. The number of hydrogen-bond acceptors (Lipinski definition) is 2. The number of fused-ring (bicyclic) bond motifs is 1. The number of rotatable bonds is 0. The van der Waals surface area contributed by atoms with Crippen LogP contribution in [0.15, 0.2) is 36.8 Å². The van der Waals surface area contributed by atoms with Crippen molar-refractivity contribution in [2.75, 3.05) is 0 Å². The van der Waals surface area contributed by atoms with Gasteiger partial charge in [0.1, 0.15) is 5.52 Å². The molecular formula is C8H7ClN2O. The van der Waals surface area contributed by atoms with Crippen LogP contribution in [0.3, 0.4) is 0 Å². The highest BCUT2D eigenvalue weighted by atomic mass is 35.5. The molecule has 1 aromatic carbocycles. The molecule has 12 heavy (non-hydrogen) atoms. The molecule has 1 aromatic heterocycles. The lowest BCUT2D eigenvalue weighted by Gasteiger charge is -2.01. The van der Waals surface area contributed by atoms with Gasteiger partial charge in [-0.15, -0.1) is 12.4 Å². The number of benzene rings is 1. The van der Waals surface area contributed by atoms with Crippen LogP contribution in [0.25, 0.3) is 10.9 Å². The summed E-state index contributed by atoms with van der Waals surface area (Å²) in [6.45, 7) is 0. The molecule has 0 aliphatic heterocycles. The second kappa shape index (κ2) is 3.36. The second-order valence-corrected chi connectivity index (χ2v) is 2.28. The highest BCUT2D eigenvalue weighted by Crippen LogP contribution is 2.05. The summed E-state index contributed by atoms with van der Waals surface area (Å²) in [6.07, 6.45) is 2.92. The Hall–Kier alpha value is -1.35. The van der Waals surface area contributed by atoms with Gasteiger partial charge in [-0.1, -0.05) is 17.1 Å². The average molecular weight is 183 g/mol. The molecule has 0 bridgehead atoms. The highest BCUT2D eigenvalue weighted by Gasteiger charge is 1.97. The molecule has 62 valence electrons. The number of nitrogens with zero attached hydrogens (tertiary/aromatic N) is 2. The van der Waals surface area contributed by atoms with Gasteiger partial charge in [0, 0.05) is 0 Å². The molecule has 3 nitrogen and oxygen atoms in total. The van der Waals surface area contributed by atoms with E-state index in [4.69, 9.17) is 0 Å². The Morgan fingerprint density at radius 2 is 2.00 bits per heavy atom. The van der Waals surface area contributed by atoms with Crippen LogP contribution >= 0.6 is 12.4 Å². The molecule has 2 rings (SSSR count). The van der Waals surface area contributed by atoms with Gasteiger partial charge in [-0.25, -0.2) is 4.73 Å². The van der Waals surface area contributed by atoms with Crippen molar-refractivity contribution < 1.29 is 4.73 Å². The van der Waals surface area contributed by atoms with Crippen LogP contribution in [0, 0.1) is 5.21 Å². The summed E-state index contributed by atoms with van der Waals surface area (Å²) in [4.78, 5) is 3.76. The van der Waals surface area contributed by atoms with E-state index < -0.39 is 0 Å². The van der Waals surface area contributed by atoms with Gasteiger partial charge in [0.15, 0.2) is 6.20 Å². The van der Waals surface area contributed by atoms with Crippen molar-refractivity contribution in [1.29, 1.82) is 0 Å². The maximum Gasteiger partial charge on any atom is 0.289 e. The molecule has 0 atom stereocenters. The summed E-state index contributed by atoms with van der Waals surface area (Å²) in [6, 6.07) is 7.33. The molecule has 1 heterocycles. The van der Waals surface area contributed by atoms with Gasteiger partial charge in [0.05, 0.1) is 5.39 Å². The molecule has 0 fully saturated rings. The fourth-order valence-electron chi connectivity index (χ4n) is 1.03. The van der Waals surface area contributed by atoms with Crippen LogP contribution in [0.1, 0.15) is 0 Å². The van der Waals surface area contributed by atoms with E-state index in [0.717, 1.165) is 10.1 Å². The predicted octanol–water partition coefficient (Wildman–Crippen LogP) is 1.29. The molecule has 0 saturated carbocycles. The first-order valence-electron chi connectivity index (χ1n) is 3.30.